The van der Waals surface area contributed by atoms with Gasteiger partial charge in [0.1, 0.15) is 12.2 Å². The Labute approximate surface area is 159 Å². The Hall–Kier alpha value is -0.760. The Bertz CT molecular complexity index is 772. The minimum Gasteiger partial charge on any atom is -0.388 e. The van der Waals surface area contributed by atoms with Crippen LogP contribution in [0.1, 0.15) is 31.6 Å². The zero-order chi connectivity index (χ0) is 19.5. The predicted octanol–water partition coefficient (Wildman–Crippen LogP) is 1.12. The van der Waals surface area contributed by atoms with E-state index >= 15 is 0 Å². The van der Waals surface area contributed by atoms with Crippen LogP contribution in [0.5, 0.6) is 0 Å². The van der Waals surface area contributed by atoms with Gasteiger partial charge in [-0.15, -0.1) is 13.2 Å². The fourth-order valence-corrected chi connectivity index (χ4v) is 4.12. The van der Waals surface area contributed by atoms with E-state index in [1.54, 1.807) is 6.20 Å². The molecule has 1 saturated heterocycles. The second kappa shape index (κ2) is 8.95. The molecule has 9 heteroatoms. The molecule has 4 N–H and O–H groups in total. The molecule has 7 nitrogen and oxygen atoms in total. The molecule has 1 aromatic heterocycles. The van der Waals surface area contributed by atoms with Crippen LogP contribution in [0.15, 0.2) is 11.0 Å². The molecule has 4 atom stereocenters. The molecule has 0 saturated carbocycles. The smallest absolute Gasteiger partial charge is 0.256 e. The Morgan fingerprint density at radius 1 is 1.42 bits per heavy atom. The maximum absolute atomic E-state index is 12.1. The van der Waals surface area contributed by atoms with Crippen molar-refractivity contribution in [1.82, 2.24) is 14.9 Å². The molecular formula is C17H30N3O4PS. The Balaban J connectivity index is 2.21. The van der Waals surface area contributed by atoms with Gasteiger partial charge in [0, 0.05) is 18.3 Å². The first kappa shape index (κ1) is 21.5. The lowest BCUT2D eigenvalue weighted by molar-refractivity contribution is -0.0392. The first-order valence-corrected chi connectivity index (χ1v) is 12.3. The number of rotatable bonds is 8. The summed E-state index contributed by atoms with van der Waals surface area (Å²) >= 11 is 5.24. The zero-order valence-corrected chi connectivity index (χ0v) is 17.4. The van der Waals surface area contributed by atoms with Crippen molar-refractivity contribution in [2.45, 2.75) is 50.8 Å². The molecule has 0 aliphatic carbocycles. The van der Waals surface area contributed by atoms with Gasteiger partial charge in [0.25, 0.3) is 5.56 Å². The molecule has 1 unspecified atom stereocenters. The van der Waals surface area contributed by atoms with E-state index in [2.05, 4.69) is 29.9 Å². The zero-order valence-electron chi connectivity index (χ0n) is 15.6. The summed E-state index contributed by atoms with van der Waals surface area (Å²) in [7, 11) is 0. The van der Waals surface area contributed by atoms with Gasteiger partial charge < -0.3 is 20.3 Å². The van der Waals surface area contributed by atoms with Gasteiger partial charge in [0.15, 0.2) is 11.0 Å². The SMILES string of the molecule is C=P(C)(C)CCC1O[C@@H](n2cc(CNCCC)c(=O)[nH]c2=S)[C@H](O)[C@@H]1O. The van der Waals surface area contributed by atoms with Crippen LogP contribution in [0, 0.1) is 4.77 Å². The highest BCUT2D eigenvalue weighted by atomic mass is 32.1. The van der Waals surface area contributed by atoms with Crippen molar-refractivity contribution in [3.63, 3.8) is 0 Å². The third kappa shape index (κ3) is 5.38. The number of aromatic nitrogens is 2. The van der Waals surface area contributed by atoms with Gasteiger partial charge in [-0.2, -0.15) is 0 Å². The van der Waals surface area contributed by atoms with E-state index in [1.165, 1.54) is 4.57 Å². The summed E-state index contributed by atoms with van der Waals surface area (Å²) in [6, 6.07) is 0. The molecule has 0 bridgehead atoms. The average Bonchev–Trinajstić information content (AvgIpc) is 2.83. The Morgan fingerprint density at radius 3 is 2.73 bits per heavy atom. The van der Waals surface area contributed by atoms with Gasteiger partial charge in [-0.05, 0) is 51.1 Å². The summed E-state index contributed by atoms with van der Waals surface area (Å²) in [5.74, 6) is 0. The number of aromatic amines is 1. The highest BCUT2D eigenvalue weighted by Gasteiger charge is 2.43. The third-order valence-corrected chi connectivity index (χ3v) is 6.20. The Kier molecular flexibility index (Phi) is 7.42. The molecule has 0 radical (unpaired) electrons. The fraction of sp³-hybridized carbons (Fsp3) is 0.706. The molecular weight excluding hydrogens is 373 g/mol. The van der Waals surface area contributed by atoms with Crippen molar-refractivity contribution >= 4 is 25.4 Å². The van der Waals surface area contributed by atoms with Crippen molar-refractivity contribution < 1.29 is 14.9 Å². The molecule has 0 spiro atoms. The van der Waals surface area contributed by atoms with Crippen molar-refractivity contribution in [3.8, 4) is 0 Å². The second-order valence-electron chi connectivity index (χ2n) is 7.49. The Morgan fingerprint density at radius 2 is 2.12 bits per heavy atom. The van der Waals surface area contributed by atoms with Gasteiger partial charge in [0.2, 0.25) is 0 Å². The maximum atomic E-state index is 12.1. The third-order valence-electron chi connectivity index (χ3n) is 4.41. The minimum atomic E-state index is -1.25. The second-order valence-corrected chi connectivity index (χ2v) is 12.2. The van der Waals surface area contributed by atoms with Crippen molar-refractivity contribution in [2.75, 3.05) is 26.0 Å². The summed E-state index contributed by atoms with van der Waals surface area (Å²) in [6.07, 6.45) is 4.80. The van der Waals surface area contributed by atoms with Crippen LogP contribution >= 0.6 is 19.1 Å². The van der Waals surface area contributed by atoms with Crippen molar-refractivity contribution in [2.24, 2.45) is 0 Å². The van der Waals surface area contributed by atoms with Crippen LogP contribution in [0.25, 0.3) is 0 Å². The van der Waals surface area contributed by atoms with Gasteiger partial charge in [-0.25, -0.2) is 0 Å². The molecule has 1 aromatic rings. The van der Waals surface area contributed by atoms with Gasteiger partial charge in [-0.3, -0.25) is 14.3 Å². The largest absolute Gasteiger partial charge is 0.388 e. The molecule has 148 valence electrons. The highest BCUT2D eigenvalue weighted by molar-refractivity contribution is 7.72. The molecule has 26 heavy (non-hydrogen) atoms. The van der Waals surface area contributed by atoms with Crippen molar-refractivity contribution in [3.05, 3.63) is 26.9 Å². The van der Waals surface area contributed by atoms with Gasteiger partial charge >= 0.3 is 0 Å². The summed E-state index contributed by atoms with van der Waals surface area (Å²) in [5.41, 5.74) is 0.244. The molecule has 1 aliphatic heterocycles. The molecule has 2 heterocycles. The monoisotopic (exact) mass is 403 g/mol. The fourth-order valence-electron chi connectivity index (χ4n) is 2.92. The lowest BCUT2D eigenvalue weighted by Crippen LogP contribution is -2.33. The summed E-state index contributed by atoms with van der Waals surface area (Å²) < 4.78 is 7.60. The lowest BCUT2D eigenvalue weighted by atomic mass is 10.1. The van der Waals surface area contributed by atoms with Crippen LogP contribution in [0.4, 0.5) is 0 Å². The topological polar surface area (TPSA) is 99.5 Å². The van der Waals surface area contributed by atoms with Gasteiger partial charge in [0.05, 0.1) is 6.10 Å². The number of aliphatic hydroxyl groups is 2. The first-order chi connectivity index (χ1) is 12.1. The predicted molar refractivity (Wildman–Crippen MR) is 109 cm³/mol. The van der Waals surface area contributed by atoms with E-state index in [4.69, 9.17) is 17.0 Å². The van der Waals surface area contributed by atoms with Crippen LogP contribution in [0.3, 0.4) is 0 Å². The first-order valence-electron chi connectivity index (χ1n) is 8.88. The summed E-state index contributed by atoms with van der Waals surface area (Å²) in [6.45, 7) is 6.23. The maximum Gasteiger partial charge on any atom is 0.256 e. The number of H-pyrrole nitrogens is 1. The van der Waals surface area contributed by atoms with Crippen molar-refractivity contribution in [1.29, 1.82) is 0 Å². The summed E-state index contributed by atoms with van der Waals surface area (Å²) in [4.78, 5) is 14.7. The normalized spacial score (nSPS) is 26.3. The summed E-state index contributed by atoms with van der Waals surface area (Å²) in [5, 5.41) is 24.0. The van der Waals surface area contributed by atoms with Crippen LogP contribution in [-0.4, -0.2) is 70.4 Å². The molecule has 0 aromatic carbocycles. The molecule has 1 aliphatic rings. The van der Waals surface area contributed by atoms with E-state index < -0.39 is 31.4 Å². The standard InChI is InChI=1S/C17H30N3O4PS/c1-5-7-18-9-11-10-20(17(26)19-15(11)23)16-14(22)13(21)12(24-16)6-8-25(2,3)4/h10,12-14,16,18,21-22H,2,5-9H2,1,3-4H3,(H,19,23,26)/t12?,13-,14-,16-/m1/s1. The van der Waals surface area contributed by atoms with Crippen LogP contribution in [0.2, 0.25) is 0 Å². The van der Waals surface area contributed by atoms with Crippen LogP contribution < -0.4 is 10.9 Å². The average molecular weight is 403 g/mol. The quantitative estimate of drug-likeness (QED) is 0.295. The van der Waals surface area contributed by atoms with E-state index in [0.717, 1.165) is 19.1 Å². The lowest BCUT2D eigenvalue weighted by Gasteiger charge is -2.20. The number of hydrogen-bond acceptors (Lipinski definition) is 6. The highest BCUT2D eigenvalue weighted by Crippen LogP contribution is 2.39. The van der Waals surface area contributed by atoms with E-state index in [-0.39, 0.29) is 10.3 Å². The number of nitrogens with zero attached hydrogens (tertiary/aromatic N) is 1. The molecule has 2 rings (SSSR count). The van der Waals surface area contributed by atoms with E-state index in [0.29, 0.717) is 18.5 Å². The molecule has 0 amide bonds. The molecule has 1 fully saturated rings. The number of aliphatic hydroxyl groups excluding tert-OH is 2. The number of nitrogens with one attached hydrogen (secondary N) is 2. The van der Waals surface area contributed by atoms with Crippen LogP contribution in [-0.2, 0) is 11.3 Å². The minimum absolute atomic E-state index is 0.163. The van der Waals surface area contributed by atoms with E-state index in [9.17, 15) is 15.0 Å². The van der Waals surface area contributed by atoms with E-state index in [1.807, 2.05) is 6.92 Å². The number of hydrogen-bond donors (Lipinski definition) is 4. The number of ether oxygens (including phenoxy) is 1. The van der Waals surface area contributed by atoms with Gasteiger partial charge in [-0.1, -0.05) is 6.92 Å².